The van der Waals surface area contributed by atoms with Gasteiger partial charge in [0.25, 0.3) is 0 Å². The molecule has 0 spiro atoms. The molecule has 7 nitrogen and oxygen atoms in total. The van der Waals surface area contributed by atoms with E-state index in [1.165, 1.54) is 0 Å². The molecule has 0 unspecified atom stereocenters. The van der Waals surface area contributed by atoms with Crippen LogP contribution in [-0.4, -0.2) is 76.1 Å². The first-order valence-electron chi connectivity index (χ1n) is 8.21. The smallest absolute Gasteiger partial charge is 0.224 e. The summed E-state index contributed by atoms with van der Waals surface area (Å²) in [5.74, 6) is 0.804. The Hall–Kier alpha value is -1.47. The van der Waals surface area contributed by atoms with Gasteiger partial charge in [-0.25, -0.2) is 0 Å². The van der Waals surface area contributed by atoms with Gasteiger partial charge in [-0.1, -0.05) is 18.6 Å². The number of carbonyl (C=O) groups excluding carboxylic acids is 1. The molecule has 2 aliphatic heterocycles. The summed E-state index contributed by atoms with van der Waals surface area (Å²) >= 11 is 0. The second kappa shape index (κ2) is 7.19. The molecule has 2 fully saturated rings. The molecule has 0 aliphatic carbocycles. The topological polar surface area (TPSA) is 63.5 Å². The minimum atomic E-state index is 0.227. The van der Waals surface area contributed by atoms with E-state index in [0.29, 0.717) is 24.9 Å². The van der Waals surface area contributed by atoms with Crippen LogP contribution in [-0.2, 0) is 16.1 Å². The van der Waals surface area contributed by atoms with Crippen LogP contribution in [0.3, 0.4) is 0 Å². The SMILES string of the molecule is CC[C@H]1CN(C(=O)CCn2ccnn2)C[C@@H]1N1CCOCC1. The quantitative estimate of drug-likeness (QED) is 0.779. The molecule has 22 heavy (non-hydrogen) atoms. The normalized spacial score (nSPS) is 26.5. The van der Waals surface area contributed by atoms with E-state index in [9.17, 15) is 4.79 Å². The maximum absolute atomic E-state index is 12.5. The fraction of sp³-hybridized carbons (Fsp3) is 0.800. The lowest BCUT2D eigenvalue weighted by Crippen LogP contribution is -2.47. The first-order valence-corrected chi connectivity index (χ1v) is 8.21. The molecule has 0 radical (unpaired) electrons. The number of nitrogens with zero attached hydrogens (tertiary/aromatic N) is 5. The zero-order valence-electron chi connectivity index (χ0n) is 13.2. The van der Waals surface area contributed by atoms with Gasteiger partial charge in [0, 0.05) is 44.8 Å². The number of hydrogen-bond acceptors (Lipinski definition) is 5. The van der Waals surface area contributed by atoms with Gasteiger partial charge in [-0.15, -0.1) is 5.10 Å². The Morgan fingerprint density at radius 2 is 2.14 bits per heavy atom. The molecule has 2 aliphatic rings. The first kappa shape index (κ1) is 15.4. The van der Waals surface area contributed by atoms with E-state index in [1.54, 1.807) is 17.1 Å². The number of carbonyl (C=O) groups is 1. The van der Waals surface area contributed by atoms with Crippen molar-refractivity contribution in [3.05, 3.63) is 12.4 Å². The van der Waals surface area contributed by atoms with Gasteiger partial charge in [0.05, 0.1) is 26.0 Å². The predicted molar refractivity (Wildman–Crippen MR) is 81.2 cm³/mol. The maximum Gasteiger partial charge on any atom is 0.224 e. The van der Waals surface area contributed by atoms with Crippen molar-refractivity contribution in [2.45, 2.75) is 32.4 Å². The summed E-state index contributed by atoms with van der Waals surface area (Å²) in [6.45, 7) is 8.17. The maximum atomic E-state index is 12.5. The Morgan fingerprint density at radius 1 is 1.32 bits per heavy atom. The van der Waals surface area contributed by atoms with Gasteiger partial charge < -0.3 is 9.64 Å². The highest BCUT2D eigenvalue weighted by Gasteiger charge is 2.37. The van der Waals surface area contributed by atoms with Gasteiger partial charge in [-0.05, 0) is 5.92 Å². The average Bonchev–Trinajstić information content (AvgIpc) is 3.22. The summed E-state index contributed by atoms with van der Waals surface area (Å²) in [6.07, 6.45) is 5.05. The molecule has 1 aromatic heterocycles. The first-order chi connectivity index (χ1) is 10.8. The van der Waals surface area contributed by atoms with Crippen LogP contribution in [0.2, 0.25) is 0 Å². The van der Waals surface area contributed by atoms with Gasteiger partial charge in [0.1, 0.15) is 0 Å². The fourth-order valence-electron chi connectivity index (χ4n) is 3.50. The summed E-state index contributed by atoms with van der Waals surface area (Å²) in [4.78, 5) is 17.0. The van der Waals surface area contributed by atoms with Crippen molar-refractivity contribution >= 4 is 5.91 Å². The highest BCUT2D eigenvalue weighted by Crippen LogP contribution is 2.26. The number of aryl methyl sites for hydroxylation is 1. The van der Waals surface area contributed by atoms with Gasteiger partial charge in [0.2, 0.25) is 5.91 Å². The zero-order valence-corrected chi connectivity index (χ0v) is 13.2. The molecule has 3 rings (SSSR count). The zero-order chi connectivity index (χ0) is 15.4. The second-order valence-electron chi connectivity index (χ2n) is 6.10. The lowest BCUT2D eigenvalue weighted by molar-refractivity contribution is -0.130. The molecule has 1 aromatic rings. The van der Waals surface area contributed by atoms with Crippen molar-refractivity contribution in [1.29, 1.82) is 0 Å². The van der Waals surface area contributed by atoms with E-state index >= 15 is 0 Å². The lowest BCUT2D eigenvalue weighted by Gasteiger charge is -2.34. The summed E-state index contributed by atoms with van der Waals surface area (Å²) in [5, 5.41) is 7.67. The van der Waals surface area contributed by atoms with Crippen molar-refractivity contribution in [3.63, 3.8) is 0 Å². The van der Waals surface area contributed by atoms with Crippen LogP contribution in [0, 0.1) is 5.92 Å². The molecule has 7 heteroatoms. The Bertz CT molecular complexity index is 472. The van der Waals surface area contributed by atoms with Crippen LogP contribution in [0.15, 0.2) is 12.4 Å². The number of aromatic nitrogens is 3. The van der Waals surface area contributed by atoms with Gasteiger partial charge in [-0.2, -0.15) is 0 Å². The van der Waals surface area contributed by atoms with Crippen LogP contribution in [0.1, 0.15) is 19.8 Å². The summed E-state index contributed by atoms with van der Waals surface area (Å²) in [5.41, 5.74) is 0. The molecular weight excluding hydrogens is 282 g/mol. The third-order valence-electron chi connectivity index (χ3n) is 4.82. The molecule has 2 atom stereocenters. The second-order valence-corrected chi connectivity index (χ2v) is 6.10. The Kier molecular flexibility index (Phi) is 5.04. The molecule has 0 bridgehead atoms. The van der Waals surface area contributed by atoms with Crippen LogP contribution in [0.25, 0.3) is 0 Å². The van der Waals surface area contributed by atoms with Gasteiger partial charge in [0.15, 0.2) is 0 Å². The van der Waals surface area contributed by atoms with E-state index in [0.717, 1.165) is 45.8 Å². The lowest BCUT2D eigenvalue weighted by atomic mass is 9.99. The highest BCUT2D eigenvalue weighted by molar-refractivity contribution is 5.76. The van der Waals surface area contributed by atoms with Gasteiger partial charge >= 0.3 is 0 Å². The molecule has 0 N–H and O–H groups in total. The summed E-state index contributed by atoms with van der Waals surface area (Å²) in [6, 6.07) is 0.490. The summed E-state index contributed by atoms with van der Waals surface area (Å²) in [7, 11) is 0. The monoisotopic (exact) mass is 307 g/mol. The number of morpholine rings is 1. The molecule has 3 heterocycles. The molecule has 1 amide bonds. The molecule has 122 valence electrons. The van der Waals surface area contributed by atoms with Crippen molar-refractivity contribution < 1.29 is 9.53 Å². The Morgan fingerprint density at radius 3 is 2.82 bits per heavy atom. The number of amides is 1. The number of ether oxygens (including phenoxy) is 1. The van der Waals surface area contributed by atoms with E-state index in [-0.39, 0.29) is 5.91 Å². The van der Waals surface area contributed by atoms with Crippen molar-refractivity contribution in [1.82, 2.24) is 24.8 Å². The fourth-order valence-corrected chi connectivity index (χ4v) is 3.50. The Labute approximate surface area is 131 Å². The minimum Gasteiger partial charge on any atom is -0.379 e. The molecule has 2 saturated heterocycles. The van der Waals surface area contributed by atoms with E-state index in [2.05, 4.69) is 22.1 Å². The number of likely N-dealkylation sites (tertiary alicyclic amines) is 1. The van der Waals surface area contributed by atoms with Crippen LogP contribution in [0.4, 0.5) is 0 Å². The van der Waals surface area contributed by atoms with Crippen molar-refractivity contribution in [3.8, 4) is 0 Å². The average molecular weight is 307 g/mol. The number of rotatable bonds is 5. The van der Waals surface area contributed by atoms with Crippen molar-refractivity contribution in [2.75, 3.05) is 39.4 Å². The van der Waals surface area contributed by atoms with Gasteiger partial charge in [-0.3, -0.25) is 14.4 Å². The van der Waals surface area contributed by atoms with Crippen LogP contribution >= 0.6 is 0 Å². The predicted octanol–water partition coefficient (Wildman–Crippen LogP) is 0.237. The standard InChI is InChI=1S/C15H25N5O2/c1-2-13-11-19(12-14(13)18-7-9-22-10-8-18)15(21)3-5-20-6-4-16-17-20/h4,6,13-14H,2-3,5,7-12H2,1H3/t13-,14-/m0/s1. The molecule has 0 saturated carbocycles. The molecule has 0 aromatic carbocycles. The van der Waals surface area contributed by atoms with E-state index < -0.39 is 0 Å². The summed E-state index contributed by atoms with van der Waals surface area (Å²) < 4.78 is 7.16. The third-order valence-corrected chi connectivity index (χ3v) is 4.82. The van der Waals surface area contributed by atoms with E-state index in [1.807, 2.05) is 4.90 Å². The number of hydrogen-bond donors (Lipinski definition) is 0. The van der Waals surface area contributed by atoms with Crippen LogP contribution < -0.4 is 0 Å². The largest absolute Gasteiger partial charge is 0.379 e. The highest BCUT2D eigenvalue weighted by atomic mass is 16.5. The third kappa shape index (κ3) is 3.47. The van der Waals surface area contributed by atoms with Crippen molar-refractivity contribution in [2.24, 2.45) is 5.92 Å². The Balaban J connectivity index is 1.54. The minimum absolute atomic E-state index is 0.227. The van der Waals surface area contributed by atoms with Crippen LogP contribution in [0.5, 0.6) is 0 Å². The van der Waals surface area contributed by atoms with E-state index in [4.69, 9.17) is 4.74 Å². The molecular formula is C15H25N5O2.